The number of fused-ring (bicyclic) bond motifs is 1. The summed E-state index contributed by atoms with van der Waals surface area (Å²) < 4.78 is 14.0. The Hall–Kier alpha value is 0.264. The highest BCUT2D eigenvalue weighted by Crippen LogP contribution is 2.32. The van der Waals surface area contributed by atoms with Crippen LogP contribution in [0.2, 0.25) is 18.8 Å². The van der Waals surface area contributed by atoms with E-state index in [1.165, 1.54) is 11.2 Å². The Morgan fingerprint density at radius 3 is 2.23 bits per heavy atom. The summed E-state index contributed by atoms with van der Waals surface area (Å²) in [5.74, 6) is 0. The number of hydrogen-bond donors (Lipinski definition) is 0. The second kappa shape index (κ2) is 6.64. The Morgan fingerprint density at radius 1 is 1.00 bits per heavy atom. The molecule has 1 spiro atoms. The summed E-state index contributed by atoms with van der Waals surface area (Å²) in [5, 5.41) is 1.62. The molecular formula is C16H28INO2Si2. The van der Waals surface area contributed by atoms with Crippen molar-refractivity contribution >= 4 is 21.8 Å². The molecule has 1 saturated heterocycles. The van der Waals surface area contributed by atoms with Crippen molar-refractivity contribution in [2.45, 2.75) is 24.8 Å². The lowest BCUT2D eigenvalue weighted by Crippen LogP contribution is -3.00. The predicted octanol–water partition coefficient (Wildman–Crippen LogP) is -1.19. The first-order chi connectivity index (χ1) is 9.82. The Labute approximate surface area is 153 Å². The van der Waals surface area contributed by atoms with E-state index in [1.54, 1.807) is 5.19 Å². The van der Waals surface area contributed by atoms with E-state index in [1.807, 2.05) is 0 Å². The molecular weight excluding hydrogens is 421 g/mol. The molecule has 2 heterocycles. The normalized spacial score (nSPS) is 25.5. The molecule has 3 nitrogen and oxygen atoms in total. The van der Waals surface area contributed by atoms with Crippen molar-refractivity contribution in [3.8, 4) is 0 Å². The second-order valence-electron chi connectivity index (χ2n) is 7.89. The molecule has 0 aliphatic carbocycles. The first-order valence-electron chi connectivity index (χ1n) is 8.00. The molecule has 0 aromatic heterocycles. The highest BCUT2D eigenvalue weighted by atomic mass is 127. The molecule has 6 heteroatoms. The molecule has 0 saturated carbocycles. The van der Waals surface area contributed by atoms with Crippen LogP contribution in [0.3, 0.4) is 0 Å². The quantitative estimate of drug-likeness (QED) is 0.282. The molecule has 3 rings (SSSR count). The van der Waals surface area contributed by atoms with Crippen LogP contribution >= 0.6 is 0 Å². The van der Waals surface area contributed by atoms with E-state index in [4.69, 9.17) is 8.85 Å². The van der Waals surface area contributed by atoms with Crippen LogP contribution in [0, 0.1) is 0 Å². The molecule has 0 radical (unpaired) electrons. The van der Waals surface area contributed by atoms with Crippen molar-refractivity contribution in [3.05, 3.63) is 29.8 Å². The summed E-state index contributed by atoms with van der Waals surface area (Å²) in [5.41, 5.74) is 2.71. The average molecular weight is 449 g/mol. The summed E-state index contributed by atoms with van der Waals surface area (Å²) in [7, 11) is 1.04. The minimum atomic E-state index is -2.05. The van der Waals surface area contributed by atoms with Crippen LogP contribution in [0.5, 0.6) is 0 Å². The van der Waals surface area contributed by atoms with E-state index < -0.39 is 16.6 Å². The van der Waals surface area contributed by atoms with Crippen LogP contribution in [0.4, 0.5) is 0 Å². The summed E-state index contributed by atoms with van der Waals surface area (Å²) in [6, 6.07) is 10.0. The van der Waals surface area contributed by atoms with E-state index in [9.17, 15) is 0 Å². The number of likely N-dealkylation sites (N-methyl/N-ethyl adjacent to an activating group) is 1. The van der Waals surface area contributed by atoms with E-state index in [2.05, 4.69) is 51.5 Å². The van der Waals surface area contributed by atoms with Gasteiger partial charge in [0.15, 0.2) is 0 Å². The van der Waals surface area contributed by atoms with Gasteiger partial charge in [-0.25, -0.2) is 0 Å². The van der Waals surface area contributed by atoms with Crippen molar-refractivity contribution in [2.24, 2.45) is 0 Å². The number of benzene rings is 1. The van der Waals surface area contributed by atoms with Gasteiger partial charge in [0.25, 0.3) is 0 Å². The SMILES string of the molecule is C[N+]1(C)CCO[Si]2(Cc3ccccc3[Si](C)(C)C2)OCC1.[I-]. The van der Waals surface area contributed by atoms with Crippen LogP contribution in [0.25, 0.3) is 0 Å². The molecule has 124 valence electrons. The topological polar surface area (TPSA) is 18.5 Å². The maximum atomic E-state index is 6.48. The predicted molar refractivity (Wildman–Crippen MR) is 91.6 cm³/mol. The summed E-state index contributed by atoms with van der Waals surface area (Å²) in [6.45, 7) is 8.86. The van der Waals surface area contributed by atoms with Crippen LogP contribution in [-0.2, 0) is 14.9 Å². The lowest BCUT2D eigenvalue weighted by molar-refractivity contribution is -0.891. The number of rotatable bonds is 0. The van der Waals surface area contributed by atoms with Crippen LogP contribution < -0.4 is 29.2 Å². The molecule has 1 fully saturated rings. The fraction of sp³-hybridized carbons (Fsp3) is 0.625. The third-order valence-electron chi connectivity index (χ3n) is 5.04. The van der Waals surface area contributed by atoms with Crippen molar-refractivity contribution < 1.29 is 37.3 Å². The highest BCUT2D eigenvalue weighted by Gasteiger charge is 2.50. The van der Waals surface area contributed by atoms with Crippen molar-refractivity contribution in [3.63, 3.8) is 0 Å². The van der Waals surface area contributed by atoms with Gasteiger partial charge in [0.2, 0.25) is 0 Å². The lowest BCUT2D eigenvalue weighted by Gasteiger charge is -2.44. The van der Waals surface area contributed by atoms with E-state index in [-0.39, 0.29) is 24.0 Å². The summed E-state index contributed by atoms with van der Waals surface area (Å²) >= 11 is 0. The number of quaternary nitrogens is 1. The summed E-state index contributed by atoms with van der Waals surface area (Å²) in [4.78, 5) is 0. The van der Waals surface area contributed by atoms with Gasteiger partial charge in [0.05, 0.1) is 35.4 Å². The third-order valence-corrected chi connectivity index (χ3v) is 15.1. The molecule has 0 unspecified atom stereocenters. The first kappa shape index (κ1) is 18.6. The lowest BCUT2D eigenvalue weighted by atomic mass is 10.2. The van der Waals surface area contributed by atoms with E-state index >= 15 is 0 Å². The highest BCUT2D eigenvalue weighted by molar-refractivity contribution is 7.00. The van der Waals surface area contributed by atoms with Crippen LogP contribution in [0.15, 0.2) is 24.3 Å². The number of nitrogens with zero attached hydrogens (tertiary/aromatic N) is 1. The third kappa shape index (κ3) is 3.84. The Bertz CT molecular complexity index is 525. The molecule has 1 aromatic carbocycles. The van der Waals surface area contributed by atoms with Crippen molar-refractivity contribution in [2.75, 3.05) is 40.4 Å². The molecule has 0 amide bonds. The van der Waals surface area contributed by atoms with Crippen molar-refractivity contribution in [1.82, 2.24) is 0 Å². The Balaban J connectivity index is 0.00000176. The minimum Gasteiger partial charge on any atom is -1.00 e. The minimum absolute atomic E-state index is 0. The van der Waals surface area contributed by atoms with Gasteiger partial charge in [-0.15, -0.1) is 0 Å². The molecule has 0 N–H and O–H groups in total. The summed E-state index contributed by atoms with van der Waals surface area (Å²) in [6.07, 6.45) is 0. The zero-order chi connectivity index (χ0) is 15.1. The van der Waals surface area contributed by atoms with Gasteiger partial charge in [-0.1, -0.05) is 42.5 Å². The number of halogens is 1. The number of hydrogen-bond acceptors (Lipinski definition) is 2. The van der Waals surface area contributed by atoms with Gasteiger partial charge in [0, 0.05) is 6.04 Å². The molecule has 0 atom stereocenters. The van der Waals surface area contributed by atoms with Gasteiger partial charge in [-0.2, -0.15) is 0 Å². The molecule has 22 heavy (non-hydrogen) atoms. The van der Waals surface area contributed by atoms with Gasteiger partial charge in [-0.3, -0.25) is 0 Å². The van der Waals surface area contributed by atoms with Crippen molar-refractivity contribution in [1.29, 1.82) is 0 Å². The second-order valence-corrected chi connectivity index (χ2v) is 16.4. The van der Waals surface area contributed by atoms with E-state index in [0.29, 0.717) is 0 Å². The zero-order valence-electron chi connectivity index (χ0n) is 14.2. The molecule has 2 aliphatic heterocycles. The fourth-order valence-corrected chi connectivity index (χ4v) is 15.1. The zero-order valence-corrected chi connectivity index (χ0v) is 18.4. The standard InChI is InChI=1S/C16H28NO2Si2.HI/c1-17(2)9-11-18-21(19-12-10-17)13-15-7-5-6-8-16(15)20(3,4)14-21;/h5-8H,9-14H2,1-4H3;1H/q+1;/p-1. The largest absolute Gasteiger partial charge is 1.00 e. The maximum Gasteiger partial charge on any atom is 0.340 e. The maximum absolute atomic E-state index is 6.48. The van der Waals surface area contributed by atoms with Gasteiger partial charge < -0.3 is 37.3 Å². The van der Waals surface area contributed by atoms with Gasteiger partial charge in [-0.05, 0) is 11.2 Å². The molecule has 1 aromatic rings. The van der Waals surface area contributed by atoms with Gasteiger partial charge in [0.1, 0.15) is 13.1 Å². The molecule has 2 aliphatic rings. The molecule has 0 bridgehead atoms. The van der Waals surface area contributed by atoms with Crippen LogP contribution in [0.1, 0.15) is 5.56 Å². The fourth-order valence-electron chi connectivity index (χ4n) is 3.77. The van der Waals surface area contributed by atoms with E-state index in [0.717, 1.165) is 36.8 Å². The average Bonchev–Trinajstić information content (AvgIpc) is 2.36. The smallest absolute Gasteiger partial charge is 0.340 e. The van der Waals surface area contributed by atoms with Gasteiger partial charge >= 0.3 is 8.56 Å². The van der Waals surface area contributed by atoms with Crippen LogP contribution in [-0.4, -0.2) is 61.5 Å². The monoisotopic (exact) mass is 449 g/mol. The first-order valence-corrected chi connectivity index (χ1v) is 13.4. The Kier molecular flexibility index (Phi) is 5.61. The Morgan fingerprint density at radius 2 is 1.59 bits per heavy atom.